The molecule has 0 atom stereocenters. The van der Waals surface area contributed by atoms with Crippen LogP contribution in [0.5, 0.6) is 0 Å². The van der Waals surface area contributed by atoms with E-state index in [1.54, 1.807) is 58.2 Å². The van der Waals surface area contributed by atoms with Crippen molar-refractivity contribution in [1.82, 2.24) is 19.5 Å². The maximum atomic E-state index is 13.1. The maximum absolute atomic E-state index is 13.1. The molecule has 37 heavy (non-hydrogen) atoms. The van der Waals surface area contributed by atoms with Crippen molar-refractivity contribution >= 4 is 43.9 Å². The predicted octanol–water partition coefficient (Wildman–Crippen LogP) is 3.98. The topological polar surface area (TPSA) is 133 Å². The Hall–Kier alpha value is -3.64. The van der Waals surface area contributed by atoms with Gasteiger partial charge in [-0.2, -0.15) is 0 Å². The summed E-state index contributed by atoms with van der Waals surface area (Å²) in [6, 6.07) is 6.95. The quantitative estimate of drug-likeness (QED) is 0.315. The fraction of sp³-hybridized carbons (Fsp3) is 0.320. The molecule has 194 valence electrons. The zero-order chi connectivity index (χ0) is 26.7. The van der Waals surface area contributed by atoms with Gasteiger partial charge in [-0.15, -0.1) is 11.3 Å². The first kappa shape index (κ1) is 26.4. The molecule has 10 nitrogen and oxygen atoms in total. The second-order valence-corrected chi connectivity index (χ2v) is 11.5. The zero-order valence-corrected chi connectivity index (χ0v) is 22.6. The number of ether oxygens (including phenoxy) is 1. The maximum Gasteiger partial charge on any atom is 0.305 e. The molecule has 0 aliphatic heterocycles. The van der Waals surface area contributed by atoms with E-state index in [0.717, 1.165) is 11.3 Å². The number of pyridine rings is 1. The Labute approximate surface area is 218 Å². The number of esters is 1. The first-order chi connectivity index (χ1) is 17.6. The van der Waals surface area contributed by atoms with E-state index in [2.05, 4.69) is 19.7 Å². The summed E-state index contributed by atoms with van der Waals surface area (Å²) < 4.78 is 35.2. The number of carbonyl (C=O) groups is 1. The third kappa shape index (κ3) is 5.86. The molecule has 0 saturated heterocycles. The third-order valence-electron chi connectivity index (χ3n) is 5.68. The van der Waals surface area contributed by atoms with E-state index in [-0.39, 0.29) is 22.2 Å². The van der Waals surface area contributed by atoms with Gasteiger partial charge in [0.25, 0.3) is 15.6 Å². The van der Waals surface area contributed by atoms with Crippen LogP contribution in [0.2, 0.25) is 0 Å². The van der Waals surface area contributed by atoms with Gasteiger partial charge in [-0.3, -0.25) is 23.9 Å². The molecule has 0 bridgehead atoms. The number of thiazole rings is 1. The minimum atomic E-state index is -3.84. The summed E-state index contributed by atoms with van der Waals surface area (Å²) >= 11 is 1.11. The summed E-state index contributed by atoms with van der Waals surface area (Å²) in [6.07, 6.45) is 3.77. The van der Waals surface area contributed by atoms with Crippen LogP contribution < -0.4 is 10.3 Å². The number of aromatic nitrogens is 4. The Kier molecular flexibility index (Phi) is 7.69. The lowest BCUT2D eigenvalue weighted by Gasteiger charge is -2.12. The number of aryl methyl sites for hydroxylation is 4. The summed E-state index contributed by atoms with van der Waals surface area (Å²) in [7, 11) is -3.84. The lowest BCUT2D eigenvalue weighted by atomic mass is 10.0. The van der Waals surface area contributed by atoms with E-state index in [9.17, 15) is 18.0 Å². The summed E-state index contributed by atoms with van der Waals surface area (Å²) in [5.74, 6) is -0.300. The first-order valence-corrected chi connectivity index (χ1v) is 14.0. The van der Waals surface area contributed by atoms with Crippen molar-refractivity contribution in [3.63, 3.8) is 0 Å². The van der Waals surface area contributed by atoms with Crippen molar-refractivity contribution < 1.29 is 17.9 Å². The van der Waals surface area contributed by atoms with Crippen LogP contribution in [0.25, 0.3) is 22.0 Å². The minimum Gasteiger partial charge on any atom is -0.466 e. The highest BCUT2D eigenvalue weighted by Crippen LogP contribution is 2.29. The van der Waals surface area contributed by atoms with Crippen molar-refractivity contribution in [3.05, 3.63) is 63.5 Å². The molecular formula is C25H27N5O5S2. The Morgan fingerprint density at radius 2 is 1.89 bits per heavy atom. The smallest absolute Gasteiger partial charge is 0.305 e. The molecule has 4 rings (SSSR count). The lowest BCUT2D eigenvalue weighted by Crippen LogP contribution is -2.21. The second-order valence-electron chi connectivity index (χ2n) is 8.45. The van der Waals surface area contributed by atoms with E-state index in [4.69, 9.17) is 4.74 Å². The number of carbonyl (C=O) groups excluding carboxylic acids is 1. The molecule has 0 aliphatic rings. The van der Waals surface area contributed by atoms with Crippen LogP contribution in [0.3, 0.4) is 0 Å². The van der Waals surface area contributed by atoms with Crippen molar-refractivity contribution in [2.45, 2.75) is 51.3 Å². The van der Waals surface area contributed by atoms with E-state index < -0.39 is 10.0 Å². The molecule has 4 aromatic rings. The van der Waals surface area contributed by atoms with E-state index in [0.29, 0.717) is 63.7 Å². The van der Waals surface area contributed by atoms with Gasteiger partial charge >= 0.3 is 5.97 Å². The molecule has 3 heterocycles. The normalized spacial score (nSPS) is 11.6. The number of nitrogens with zero attached hydrogens (tertiary/aromatic N) is 4. The van der Waals surface area contributed by atoms with E-state index in [1.165, 1.54) is 10.9 Å². The molecule has 3 aromatic heterocycles. The zero-order valence-electron chi connectivity index (χ0n) is 20.9. The van der Waals surface area contributed by atoms with Crippen molar-refractivity contribution in [3.8, 4) is 11.1 Å². The van der Waals surface area contributed by atoms with Crippen LogP contribution in [0, 0.1) is 20.8 Å². The molecule has 12 heteroatoms. The van der Waals surface area contributed by atoms with Crippen molar-refractivity contribution in [1.29, 1.82) is 0 Å². The van der Waals surface area contributed by atoms with E-state index in [1.807, 2.05) is 0 Å². The van der Waals surface area contributed by atoms with Gasteiger partial charge in [0, 0.05) is 24.7 Å². The van der Waals surface area contributed by atoms with E-state index >= 15 is 0 Å². The van der Waals surface area contributed by atoms with Crippen LogP contribution in [0.4, 0.5) is 5.69 Å². The number of hydrogen-bond donors (Lipinski definition) is 1. The van der Waals surface area contributed by atoms with Crippen LogP contribution >= 0.6 is 11.3 Å². The molecule has 0 aliphatic carbocycles. The summed E-state index contributed by atoms with van der Waals surface area (Å²) in [6.45, 7) is 7.53. The molecule has 0 spiro atoms. The first-order valence-electron chi connectivity index (χ1n) is 11.7. The van der Waals surface area contributed by atoms with Crippen LogP contribution in [0.15, 0.2) is 45.8 Å². The number of hydrogen-bond acceptors (Lipinski definition) is 9. The standard InChI is InChI=1S/C25H27N5O5S2/c1-5-35-23(31)7-6-10-30-14-27-21-9-8-18(11-20(21)24(30)32)19-12-22(15(2)26-13-19)29-37(33,34)25-16(3)28-17(4)36-25/h8-9,11-14,29H,5-7,10H2,1-4H3. The Morgan fingerprint density at radius 3 is 2.59 bits per heavy atom. The van der Waals surface area contributed by atoms with Gasteiger partial charge in [0.15, 0.2) is 4.21 Å². The van der Waals surface area contributed by atoms with Gasteiger partial charge in [0.05, 0.1) is 45.9 Å². The van der Waals surface area contributed by atoms with Crippen molar-refractivity contribution in [2.24, 2.45) is 0 Å². The summed E-state index contributed by atoms with van der Waals surface area (Å²) in [5, 5.41) is 1.08. The van der Waals surface area contributed by atoms with Crippen molar-refractivity contribution in [2.75, 3.05) is 11.3 Å². The minimum absolute atomic E-state index is 0.162. The second kappa shape index (κ2) is 10.8. The molecule has 1 aromatic carbocycles. The van der Waals surface area contributed by atoms with Gasteiger partial charge in [-0.25, -0.2) is 18.4 Å². The number of anilines is 1. The average Bonchev–Trinajstić information content (AvgIpc) is 3.20. The molecule has 0 saturated carbocycles. The largest absolute Gasteiger partial charge is 0.466 e. The number of fused-ring (bicyclic) bond motifs is 1. The van der Waals surface area contributed by atoms with Gasteiger partial charge in [0.2, 0.25) is 0 Å². The number of sulfonamides is 1. The molecule has 0 radical (unpaired) electrons. The fourth-order valence-electron chi connectivity index (χ4n) is 3.87. The average molecular weight is 542 g/mol. The number of nitrogens with one attached hydrogen (secondary N) is 1. The fourth-order valence-corrected chi connectivity index (χ4v) is 6.47. The Bertz CT molecular complexity index is 1640. The Morgan fingerprint density at radius 1 is 1.11 bits per heavy atom. The molecular weight excluding hydrogens is 514 g/mol. The lowest BCUT2D eigenvalue weighted by molar-refractivity contribution is -0.143. The summed E-state index contributed by atoms with van der Waals surface area (Å²) in [4.78, 5) is 37.6. The third-order valence-corrected chi connectivity index (χ3v) is 8.73. The van der Waals surface area contributed by atoms with Crippen LogP contribution in [0.1, 0.15) is 36.2 Å². The highest BCUT2D eigenvalue weighted by Gasteiger charge is 2.22. The molecule has 0 fully saturated rings. The monoisotopic (exact) mass is 541 g/mol. The number of rotatable bonds is 9. The van der Waals surface area contributed by atoms with Gasteiger partial charge in [-0.1, -0.05) is 6.07 Å². The van der Waals surface area contributed by atoms with Gasteiger partial charge in [-0.05, 0) is 57.9 Å². The highest BCUT2D eigenvalue weighted by atomic mass is 32.2. The van der Waals surface area contributed by atoms with Gasteiger partial charge < -0.3 is 4.74 Å². The van der Waals surface area contributed by atoms with Crippen LogP contribution in [-0.4, -0.2) is 40.5 Å². The SMILES string of the molecule is CCOC(=O)CCCn1cnc2ccc(-c3cnc(C)c(NS(=O)(=O)c4sc(C)nc4C)c3)cc2c1=O. The molecule has 0 amide bonds. The van der Waals surface area contributed by atoms with Gasteiger partial charge in [0.1, 0.15) is 0 Å². The number of benzene rings is 1. The Balaban J connectivity index is 1.63. The predicted molar refractivity (Wildman–Crippen MR) is 142 cm³/mol. The molecule has 0 unspecified atom stereocenters. The highest BCUT2D eigenvalue weighted by molar-refractivity contribution is 7.94. The molecule has 1 N–H and O–H groups in total. The van der Waals surface area contributed by atoms with Crippen LogP contribution in [-0.2, 0) is 26.1 Å². The summed E-state index contributed by atoms with van der Waals surface area (Å²) in [5.41, 5.74) is 2.92.